The van der Waals surface area contributed by atoms with Gasteiger partial charge in [-0.05, 0) is 62.0 Å². The Morgan fingerprint density at radius 1 is 1.27 bits per heavy atom. The Morgan fingerprint density at radius 3 is 2.92 bits per heavy atom. The molecule has 1 N–H and O–H groups in total. The molecule has 1 aromatic heterocycles. The first-order valence-corrected chi connectivity index (χ1v) is 10.1. The van der Waals surface area contributed by atoms with Gasteiger partial charge in [0.1, 0.15) is 12.4 Å². The minimum atomic E-state index is -0.185. The van der Waals surface area contributed by atoms with Gasteiger partial charge in [0.25, 0.3) is 0 Å². The predicted molar refractivity (Wildman–Crippen MR) is 104 cm³/mol. The second-order valence-corrected chi connectivity index (χ2v) is 7.52. The second kappa shape index (κ2) is 7.64. The number of carbonyl (C=O) groups excluding carboxylic acids is 1. The molecule has 0 atom stereocenters. The molecule has 1 saturated heterocycles. The van der Waals surface area contributed by atoms with Gasteiger partial charge in [-0.25, -0.2) is 0 Å². The third-order valence-corrected chi connectivity index (χ3v) is 5.86. The van der Waals surface area contributed by atoms with Crippen LogP contribution in [0.2, 0.25) is 0 Å². The van der Waals surface area contributed by atoms with Gasteiger partial charge in [-0.2, -0.15) is 0 Å². The highest BCUT2D eigenvalue weighted by atomic mass is 32.1. The zero-order valence-corrected chi connectivity index (χ0v) is 15.8. The van der Waals surface area contributed by atoms with Gasteiger partial charge < -0.3 is 14.8 Å². The molecule has 26 heavy (non-hydrogen) atoms. The lowest BCUT2D eigenvalue weighted by Crippen LogP contribution is -2.23. The fourth-order valence-electron chi connectivity index (χ4n) is 3.66. The smallest absolute Gasteiger partial charge is 0.310 e. The maximum atomic E-state index is 11.9. The summed E-state index contributed by atoms with van der Waals surface area (Å²) in [6, 6.07) is 8.25. The number of hydrogen-bond acceptors (Lipinski definition) is 5. The number of fused-ring (bicyclic) bond motifs is 2. The van der Waals surface area contributed by atoms with Crippen molar-refractivity contribution in [3.63, 3.8) is 0 Å². The Kier molecular flexibility index (Phi) is 5.09. The van der Waals surface area contributed by atoms with E-state index >= 15 is 0 Å². The average molecular weight is 369 g/mol. The van der Waals surface area contributed by atoms with E-state index in [1.807, 2.05) is 19.1 Å². The van der Waals surface area contributed by atoms with E-state index in [1.165, 1.54) is 21.6 Å². The maximum Gasteiger partial charge on any atom is 0.310 e. The molecular weight excluding hydrogens is 346 g/mol. The SMILES string of the molecule is CCOC(=O)Cc1ccc2c(c1)C(=C1CCNCC1)c1sccc1CO2. The third-order valence-electron chi connectivity index (χ3n) is 4.88. The fraction of sp³-hybridized carbons (Fsp3) is 0.381. The van der Waals surface area contributed by atoms with E-state index in [-0.39, 0.29) is 5.97 Å². The van der Waals surface area contributed by atoms with Gasteiger partial charge >= 0.3 is 5.97 Å². The number of thiophene rings is 1. The molecule has 4 nitrogen and oxygen atoms in total. The number of hydrogen-bond donors (Lipinski definition) is 1. The molecule has 4 rings (SSSR count). The predicted octanol–water partition coefficient (Wildman–Crippen LogP) is 3.93. The highest BCUT2D eigenvalue weighted by Gasteiger charge is 2.25. The van der Waals surface area contributed by atoms with E-state index < -0.39 is 0 Å². The van der Waals surface area contributed by atoms with Crippen LogP contribution < -0.4 is 10.1 Å². The number of piperidine rings is 1. The molecule has 1 aromatic carbocycles. The van der Waals surface area contributed by atoms with Crippen LogP contribution in [0.15, 0.2) is 35.2 Å². The molecule has 5 heteroatoms. The van der Waals surface area contributed by atoms with Crippen molar-refractivity contribution in [3.8, 4) is 5.75 Å². The van der Waals surface area contributed by atoms with Crippen LogP contribution in [-0.4, -0.2) is 25.7 Å². The molecule has 136 valence electrons. The maximum absolute atomic E-state index is 11.9. The summed E-state index contributed by atoms with van der Waals surface area (Å²) in [5.41, 5.74) is 6.13. The Hall–Kier alpha value is -2.11. The molecule has 0 unspecified atom stereocenters. The van der Waals surface area contributed by atoms with Gasteiger partial charge in [0.05, 0.1) is 13.0 Å². The molecule has 0 saturated carbocycles. The van der Waals surface area contributed by atoms with Crippen LogP contribution in [0, 0.1) is 0 Å². The molecule has 0 radical (unpaired) electrons. The first kappa shape index (κ1) is 17.3. The van der Waals surface area contributed by atoms with Crippen molar-refractivity contribution in [3.05, 3.63) is 56.8 Å². The van der Waals surface area contributed by atoms with Crippen molar-refractivity contribution in [1.29, 1.82) is 0 Å². The summed E-state index contributed by atoms with van der Waals surface area (Å²) in [4.78, 5) is 13.2. The van der Waals surface area contributed by atoms with E-state index in [9.17, 15) is 4.79 Å². The van der Waals surface area contributed by atoms with Crippen molar-refractivity contribution < 1.29 is 14.3 Å². The standard InChI is InChI=1S/C21H23NO3S/c1-2-24-19(23)12-14-3-4-18-17(11-14)20(15-5-8-22-9-6-15)21-16(13-25-18)7-10-26-21/h3-4,7,10-11,22H,2,5-6,8-9,12-13H2,1H3. The Bertz CT molecular complexity index is 845. The van der Waals surface area contributed by atoms with Crippen LogP contribution in [0.4, 0.5) is 0 Å². The van der Waals surface area contributed by atoms with Gasteiger partial charge in [-0.1, -0.05) is 11.6 Å². The molecule has 1 fully saturated rings. The van der Waals surface area contributed by atoms with Crippen LogP contribution in [0.3, 0.4) is 0 Å². The number of esters is 1. The van der Waals surface area contributed by atoms with Crippen LogP contribution in [-0.2, 0) is 22.6 Å². The molecule has 0 spiro atoms. The quantitative estimate of drug-likeness (QED) is 0.833. The van der Waals surface area contributed by atoms with Gasteiger partial charge in [0.15, 0.2) is 0 Å². The number of carbonyl (C=O) groups is 1. The summed E-state index contributed by atoms with van der Waals surface area (Å²) in [6.07, 6.45) is 2.39. The monoisotopic (exact) mass is 369 g/mol. The van der Waals surface area contributed by atoms with Crippen LogP contribution in [0.1, 0.15) is 41.3 Å². The Morgan fingerprint density at radius 2 is 2.12 bits per heavy atom. The van der Waals surface area contributed by atoms with E-state index in [1.54, 1.807) is 11.3 Å². The number of benzene rings is 1. The van der Waals surface area contributed by atoms with Crippen molar-refractivity contribution in [2.24, 2.45) is 0 Å². The lowest BCUT2D eigenvalue weighted by molar-refractivity contribution is -0.142. The fourth-order valence-corrected chi connectivity index (χ4v) is 4.68. The van der Waals surface area contributed by atoms with Crippen LogP contribution in [0.5, 0.6) is 5.75 Å². The summed E-state index contributed by atoms with van der Waals surface area (Å²) < 4.78 is 11.2. The third kappa shape index (κ3) is 3.41. The normalized spacial score (nSPS) is 16.3. The van der Waals surface area contributed by atoms with Crippen molar-refractivity contribution >= 4 is 22.9 Å². The highest BCUT2D eigenvalue weighted by Crippen LogP contribution is 2.43. The summed E-state index contributed by atoms with van der Waals surface area (Å²) in [6.45, 7) is 4.86. The summed E-state index contributed by atoms with van der Waals surface area (Å²) in [5.74, 6) is 0.719. The zero-order valence-electron chi connectivity index (χ0n) is 15.0. The van der Waals surface area contributed by atoms with Crippen LogP contribution in [0.25, 0.3) is 5.57 Å². The molecule has 3 heterocycles. The molecular formula is C21H23NO3S. The van der Waals surface area contributed by atoms with Gasteiger partial charge in [0.2, 0.25) is 0 Å². The summed E-state index contributed by atoms with van der Waals surface area (Å²) >= 11 is 1.78. The Labute approximate surface area is 157 Å². The molecule has 0 aliphatic carbocycles. The minimum Gasteiger partial charge on any atom is -0.488 e. The number of nitrogens with one attached hydrogen (secondary N) is 1. The van der Waals surface area contributed by atoms with E-state index in [2.05, 4.69) is 22.8 Å². The van der Waals surface area contributed by atoms with Crippen molar-refractivity contribution in [2.75, 3.05) is 19.7 Å². The zero-order chi connectivity index (χ0) is 17.9. The number of ether oxygens (including phenoxy) is 2. The van der Waals surface area contributed by atoms with Crippen LogP contribution >= 0.6 is 11.3 Å². The second-order valence-electron chi connectivity index (χ2n) is 6.60. The van der Waals surface area contributed by atoms with Gasteiger partial charge in [-0.15, -0.1) is 11.3 Å². The topological polar surface area (TPSA) is 47.6 Å². The lowest BCUT2D eigenvalue weighted by atomic mass is 9.90. The van der Waals surface area contributed by atoms with Crippen molar-refractivity contribution in [2.45, 2.75) is 32.8 Å². The first-order valence-electron chi connectivity index (χ1n) is 9.17. The van der Waals surface area contributed by atoms with E-state index in [4.69, 9.17) is 9.47 Å². The molecule has 2 aromatic rings. The summed E-state index contributed by atoms with van der Waals surface area (Å²) in [7, 11) is 0. The molecule has 0 bridgehead atoms. The molecule has 0 amide bonds. The van der Waals surface area contributed by atoms with E-state index in [0.717, 1.165) is 42.8 Å². The number of rotatable bonds is 3. The largest absolute Gasteiger partial charge is 0.488 e. The van der Waals surface area contributed by atoms with Gasteiger partial charge in [-0.3, -0.25) is 4.79 Å². The lowest BCUT2D eigenvalue weighted by Gasteiger charge is -2.21. The minimum absolute atomic E-state index is 0.185. The van der Waals surface area contributed by atoms with Gasteiger partial charge in [0, 0.05) is 21.6 Å². The first-order chi connectivity index (χ1) is 12.8. The van der Waals surface area contributed by atoms with E-state index in [0.29, 0.717) is 19.6 Å². The molecule has 2 aliphatic heterocycles. The highest BCUT2D eigenvalue weighted by molar-refractivity contribution is 7.11. The summed E-state index contributed by atoms with van der Waals surface area (Å²) in [5, 5.41) is 5.58. The van der Waals surface area contributed by atoms with Crippen molar-refractivity contribution in [1.82, 2.24) is 5.32 Å². The molecule has 2 aliphatic rings. The average Bonchev–Trinajstić information content (AvgIpc) is 3.05. The Balaban J connectivity index is 1.80.